The molecule has 0 radical (unpaired) electrons. The normalized spacial score (nSPS) is 11.8. The average Bonchev–Trinajstić information content (AvgIpc) is 2.82. The molecule has 0 aliphatic heterocycles. The molecule has 114 valence electrons. The van der Waals surface area contributed by atoms with Gasteiger partial charge in [-0.15, -0.1) is 0 Å². The summed E-state index contributed by atoms with van der Waals surface area (Å²) in [6.45, 7) is 0. The van der Waals surface area contributed by atoms with E-state index in [2.05, 4.69) is 9.71 Å². The van der Waals surface area contributed by atoms with Crippen LogP contribution in [0.25, 0.3) is 11.0 Å². The predicted molar refractivity (Wildman–Crippen MR) is 88.0 cm³/mol. The molecule has 0 saturated heterocycles. The lowest BCUT2D eigenvalue weighted by Gasteiger charge is -2.10. The maximum Gasteiger partial charge on any atom is 0.263 e. The van der Waals surface area contributed by atoms with Crippen LogP contribution in [0.3, 0.4) is 0 Å². The number of imidazole rings is 1. The Hall–Kier alpha value is -1.76. The Morgan fingerprint density at radius 3 is 2.73 bits per heavy atom. The summed E-state index contributed by atoms with van der Waals surface area (Å²) in [5, 5.41) is 0.181. The van der Waals surface area contributed by atoms with Crippen molar-refractivity contribution < 1.29 is 8.42 Å². The number of anilines is 1. The van der Waals surface area contributed by atoms with Crippen LogP contribution < -0.4 is 4.72 Å². The van der Waals surface area contributed by atoms with Gasteiger partial charge in [0, 0.05) is 7.05 Å². The van der Waals surface area contributed by atoms with E-state index in [1.54, 1.807) is 24.5 Å². The molecular weight excluding hydrogens is 345 g/mol. The fourth-order valence-electron chi connectivity index (χ4n) is 2.10. The third-order valence-electron chi connectivity index (χ3n) is 3.18. The van der Waals surface area contributed by atoms with E-state index < -0.39 is 10.0 Å². The van der Waals surface area contributed by atoms with Crippen molar-refractivity contribution in [3.63, 3.8) is 0 Å². The summed E-state index contributed by atoms with van der Waals surface area (Å²) >= 11 is 11.8. The fraction of sp³-hybridized carbons (Fsp3) is 0.0714. The number of rotatable bonds is 3. The van der Waals surface area contributed by atoms with Crippen LogP contribution in [0.4, 0.5) is 5.69 Å². The zero-order chi connectivity index (χ0) is 15.9. The van der Waals surface area contributed by atoms with E-state index in [-0.39, 0.29) is 14.9 Å². The van der Waals surface area contributed by atoms with Crippen LogP contribution in [-0.2, 0) is 17.1 Å². The van der Waals surface area contributed by atoms with Gasteiger partial charge in [-0.1, -0.05) is 29.3 Å². The van der Waals surface area contributed by atoms with Crippen LogP contribution in [0.1, 0.15) is 0 Å². The molecule has 0 saturated carbocycles. The molecule has 5 nitrogen and oxygen atoms in total. The fourth-order valence-corrected chi connectivity index (χ4v) is 3.91. The molecule has 0 atom stereocenters. The molecule has 0 amide bonds. The van der Waals surface area contributed by atoms with Crippen molar-refractivity contribution in [1.82, 2.24) is 9.55 Å². The Morgan fingerprint density at radius 2 is 1.95 bits per heavy atom. The van der Waals surface area contributed by atoms with Crippen LogP contribution in [0.2, 0.25) is 10.0 Å². The largest absolute Gasteiger partial charge is 0.334 e. The maximum atomic E-state index is 12.4. The van der Waals surface area contributed by atoms with Crippen molar-refractivity contribution in [2.45, 2.75) is 4.90 Å². The maximum absolute atomic E-state index is 12.4. The minimum Gasteiger partial charge on any atom is -0.334 e. The molecule has 3 rings (SSSR count). The third-order valence-corrected chi connectivity index (χ3v) is 5.54. The lowest BCUT2D eigenvalue weighted by atomic mass is 10.3. The first kappa shape index (κ1) is 15.1. The van der Waals surface area contributed by atoms with E-state index in [1.165, 1.54) is 18.2 Å². The van der Waals surface area contributed by atoms with Crippen molar-refractivity contribution in [3.8, 4) is 0 Å². The van der Waals surface area contributed by atoms with Gasteiger partial charge in [-0.25, -0.2) is 13.4 Å². The average molecular weight is 356 g/mol. The van der Waals surface area contributed by atoms with Crippen LogP contribution in [-0.4, -0.2) is 18.0 Å². The molecule has 1 N–H and O–H groups in total. The number of nitrogens with one attached hydrogen (secondary N) is 1. The van der Waals surface area contributed by atoms with Gasteiger partial charge < -0.3 is 4.57 Å². The van der Waals surface area contributed by atoms with Crippen molar-refractivity contribution in [2.75, 3.05) is 4.72 Å². The van der Waals surface area contributed by atoms with Crippen LogP contribution >= 0.6 is 23.2 Å². The molecule has 1 heterocycles. The molecule has 0 fully saturated rings. The van der Waals surface area contributed by atoms with Gasteiger partial charge in [-0.2, -0.15) is 0 Å². The standard InChI is InChI=1S/C14H11Cl2N3O2S/c1-19-8-17-11-7-9(5-6-12(11)19)18-22(20,21)13-4-2-3-10(15)14(13)16/h2-8,18H,1H3. The zero-order valence-corrected chi connectivity index (χ0v) is 13.7. The number of hydrogen-bond acceptors (Lipinski definition) is 3. The minimum atomic E-state index is -3.83. The molecule has 0 spiro atoms. The van der Waals surface area contributed by atoms with E-state index in [0.717, 1.165) is 5.52 Å². The van der Waals surface area contributed by atoms with Crippen LogP contribution in [0.5, 0.6) is 0 Å². The molecular formula is C14H11Cl2N3O2S. The lowest BCUT2D eigenvalue weighted by molar-refractivity contribution is 0.601. The zero-order valence-electron chi connectivity index (χ0n) is 11.4. The van der Waals surface area contributed by atoms with Gasteiger partial charge in [0.1, 0.15) is 4.90 Å². The van der Waals surface area contributed by atoms with Crippen molar-refractivity contribution >= 4 is 49.9 Å². The SMILES string of the molecule is Cn1cnc2cc(NS(=O)(=O)c3cccc(Cl)c3Cl)ccc21. The Bertz CT molecular complexity index is 967. The second-order valence-corrected chi connectivity index (χ2v) is 7.15. The molecule has 0 unspecified atom stereocenters. The van der Waals surface area contributed by atoms with Gasteiger partial charge in [0.05, 0.1) is 33.1 Å². The van der Waals surface area contributed by atoms with Crippen LogP contribution in [0.15, 0.2) is 47.6 Å². The summed E-state index contributed by atoms with van der Waals surface area (Å²) in [7, 11) is -1.96. The Kier molecular flexibility index (Phi) is 3.76. The van der Waals surface area contributed by atoms with Crippen molar-refractivity contribution in [3.05, 3.63) is 52.8 Å². The van der Waals surface area contributed by atoms with Crippen molar-refractivity contribution in [2.24, 2.45) is 7.05 Å². The molecule has 0 aliphatic carbocycles. The first-order valence-corrected chi connectivity index (χ1v) is 8.50. The van der Waals surface area contributed by atoms with Gasteiger partial charge in [0.25, 0.3) is 10.0 Å². The van der Waals surface area contributed by atoms with Gasteiger partial charge in [0.15, 0.2) is 0 Å². The highest BCUT2D eigenvalue weighted by Crippen LogP contribution is 2.30. The van der Waals surface area contributed by atoms with Crippen molar-refractivity contribution in [1.29, 1.82) is 0 Å². The number of nitrogens with zero attached hydrogens (tertiary/aromatic N) is 2. The lowest BCUT2D eigenvalue weighted by Crippen LogP contribution is -2.13. The number of aryl methyl sites for hydroxylation is 1. The second kappa shape index (κ2) is 5.46. The molecule has 1 aromatic heterocycles. The van der Waals surface area contributed by atoms with E-state index >= 15 is 0 Å². The molecule has 2 aromatic carbocycles. The van der Waals surface area contributed by atoms with Crippen LogP contribution in [0, 0.1) is 0 Å². The summed E-state index contributed by atoms with van der Waals surface area (Å²) in [4.78, 5) is 4.13. The van der Waals surface area contributed by atoms with Gasteiger partial charge in [0.2, 0.25) is 0 Å². The summed E-state index contributed by atoms with van der Waals surface area (Å²) in [6, 6.07) is 9.58. The predicted octanol–water partition coefficient (Wildman–Crippen LogP) is 3.68. The number of benzene rings is 2. The van der Waals surface area contributed by atoms with Gasteiger partial charge in [-0.3, -0.25) is 4.72 Å². The van der Waals surface area contributed by atoms with Gasteiger partial charge >= 0.3 is 0 Å². The Labute approximate surface area is 137 Å². The molecule has 0 aliphatic rings. The highest BCUT2D eigenvalue weighted by Gasteiger charge is 2.19. The summed E-state index contributed by atoms with van der Waals surface area (Å²) in [5.74, 6) is 0. The third kappa shape index (κ3) is 2.65. The van der Waals surface area contributed by atoms with E-state index in [9.17, 15) is 8.42 Å². The minimum absolute atomic E-state index is 0.00409. The molecule has 0 bridgehead atoms. The molecule has 3 aromatic rings. The first-order chi connectivity index (χ1) is 10.4. The summed E-state index contributed by atoms with van der Waals surface area (Å²) < 4.78 is 29.2. The highest BCUT2D eigenvalue weighted by atomic mass is 35.5. The van der Waals surface area contributed by atoms with E-state index in [4.69, 9.17) is 23.2 Å². The first-order valence-electron chi connectivity index (χ1n) is 6.26. The Balaban J connectivity index is 2.01. The highest BCUT2D eigenvalue weighted by molar-refractivity contribution is 7.92. The summed E-state index contributed by atoms with van der Waals surface area (Å²) in [5.41, 5.74) is 2.01. The summed E-state index contributed by atoms with van der Waals surface area (Å²) in [6.07, 6.45) is 1.66. The van der Waals surface area contributed by atoms with E-state index in [1.807, 2.05) is 11.6 Å². The topological polar surface area (TPSA) is 64.0 Å². The number of halogens is 2. The number of aromatic nitrogens is 2. The monoisotopic (exact) mass is 355 g/mol. The number of hydrogen-bond donors (Lipinski definition) is 1. The number of sulfonamides is 1. The molecule has 8 heteroatoms. The smallest absolute Gasteiger partial charge is 0.263 e. The quantitative estimate of drug-likeness (QED) is 0.779. The van der Waals surface area contributed by atoms with Gasteiger partial charge in [-0.05, 0) is 30.3 Å². The molecule has 22 heavy (non-hydrogen) atoms. The Morgan fingerprint density at radius 1 is 1.18 bits per heavy atom. The number of fused-ring (bicyclic) bond motifs is 1. The van der Waals surface area contributed by atoms with E-state index in [0.29, 0.717) is 11.2 Å². The second-order valence-electron chi connectivity index (χ2n) is 4.72.